The molecule has 0 saturated heterocycles. The van der Waals surface area contributed by atoms with Crippen LogP contribution >= 0.6 is 0 Å². The Hall–Kier alpha value is -0.860. The Morgan fingerprint density at radius 1 is 1.18 bits per heavy atom. The highest BCUT2D eigenvalue weighted by molar-refractivity contribution is 5.25. The second kappa shape index (κ2) is 7.46. The maximum atomic E-state index is 5.12. The molecule has 1 N–H and O–H groups in total. The minimum absolute atomic E-state index is 0.500. The molecule has 0 radical (unpaired) electrons. The zero-order valence-corrected chi connectivity index (χ0v) is 11.5. The SMILES string of the molecule is CNC(CCOC)Cc1ccc(C(C)C)cc1. The molecular formula is C15H25NO. The molecule has 1 aromatic rings. The average molecular weight is 235 g/mol. The number of hydrogen-bond donors (Lipinski definition) is 1. The Labute approximate surface area is 105 Å². The largest absolute Gasteiger partial charge is 0.385 e. The van der Waals surface area contributed by atoms with Gasteiger partial charge in [-0.05, 0) is 36.9 Å². The molecule has 0 fully saturated rings. The summed E-state index contributed by atoms with van der Waals surface area (Å²) < 4.78 is 5.12. The fraction of sp³-hybridized carbons (Fsp3) is 0.600. The van der Waals surface area contributed by atoms with E-state index in [4.69, 9.17) is 4.74 Å². The van der Waals surface area contributed by atoms with Crippen molar-refractivity contribution in [3.63, 3.8) is 0 Å². The molecule has 0 aliphatic heterocycles. The summed E-state index contributed by atoms with van der Waals surface area (Å²) in [5, 5.41) is 3.34. The van der Waals surface area contributed by atoms with E-state index in [1.807, 2.05) is 7.05 Å². The molecule has 17 heavy (non-hydrogen) atoms. The van der Waals surface area contributed by atoms with Crippen molar-refractivity contribution in [2.24, 2.45) is 0 Å². The van der Waals surface area contributed by atoms with E-state index in [0.717, 1.165) is 19.4 Å². The Kier molecular flexibility index (Phi) is 6.23. The monoisotopic (exact) mass is 235 g/mol. The fourth-order valence-electron chi connectivity index (χ4n) is 1.93. The number of methoxy groups -OCH3 is 1. The van der Waals surface area contributed by atoms with Crippen LogP contribution in [-0.2, 0) is 11.2 Å². The van der Waals surface area contributed by atoms with Gasteiger partial charge in [0.2, 0.25) is 0 Å². The molecule has 0 heterocycles. The number of likely N-dealkylation sites (N-methyl/N-ethyl adjacent to an activating group) is 1. The molecule has 0 saturated carbocycles. The van der Waals surface area contributed by atoms with Crippen LogP contribution in [0.1, 0.15) is 37.3 Å². The zero-order chi connectivity index (χ0) is 12.7. The normalized spacial score (nSPS) is 13.0. The Morgan fingerprint density at radius 3 is 2.29 bits per heavy atom. The van der Waals surface area contributed by atoms with Gasteiger partial charge in [0.25, 0.3) is 0 Å². The highest BCUT2D eigenvalue weighted by atomic mass is 16.5. The Balaban J connectivity index is 2.54. The summed E-state index contributed by atoms with van der Waals surface area (Å²) in [5.41, 5.74) is 2.80. The molecule has 1 unspecified atom stereocenters. The summed E-state index contributed by atoms with van der Waals surface area (Å²) >= 11 is 0. The molecule has 0 amide bonds. The van der Waals surface area contributed by atoms with Crippen LogP contribution in [0.15, 0.2) is 24.3 Å². The van der Waals surface area contributed by atoms with Crippen molar-refractivity contribution in [3.05, 3.63) is 35.4 Å². The third-order valence-electron chi connectivity index (χ3n) is 3.21. The minimum atomic E-state index is 0.500. The van der Waals surface area contributed by atoms with Gasteiger partial charge in [0.05, 0.1) is 0 Å². The van der Waals surface area contributed by atoms with E-state index >= 15 is 0 Å². The molecular weight excluding hydrogens is 210 g/mol. The topological polar surface area (TPSA) is 21.3 Å². The third-order valence-corrected chi connectivity index (χ3v) is 3.21. The van der Waals surface area contributed by atoms with Crippen LogP contribution in [0.2, 0.25) is 0 Å². The first-order chi connectivity index (χ1) is 8.17. The molecule has 0 spiro atoms. The molecule has 2 heteroatoms. The van der Waals surface area contributed by atoms with Gasteiger partial charge in [0.1, 0.15) is 0 Å². The molecule has 96 valence electrons. The lowest BCUT2D eigenvalue weighted by Crippen LogP contribution is -2.28. The highest BCUT2D eigenvalue weighted by Crippen LogP contribution is 2.15. The van der Waals surface area contributed by atoms with Crippen molar-refractivity contribution in [1.82, 2.24) is 5.32 Å². The number of benzene rings is 1. The molecule has 0 aliphatic carbocycles. The quantitative estimate of drug-likeness (QED) is 0.784. The smallest absolute Gasteiger partial charge is 0.0477 e. The fourth-order valence-corrected chi connectivity index (χ4v) is 1.93. The van der Waals surface area contributed by atoms with E-state index in [9.17, 15) is 0 Å². The van der Waals surface area contributed by atoms with Gasteiger partial charge in [-0.3, -0.25) is 0 Å². The molecule has 0 aliphatic rings. The van der Waals surface area contributed by atoms with Crippen molar-refractivity contribution in [2.75, 3.05) is 20.8 Å². The van der Waals surface area contributed by atoms with Crippen LogP contribution in [0.3, 0.4) is 0 Å². The van der Waals surface area contributed by atoms with E-state index in [0.29, 0.717) is 12.0 Å². The van der Waals surface area contributed by atoms with E-state index in [1.165, 1.54) is 11.1 Å². The van der Waals surface area contributed by atoms with E-state index in [2.05, 4.69) is 43.4 Å². The molecule has 1 rings (SSSR count). The van der Waals surface area contributed by atoms with Crippen molar-refractivity contribution >= 4 is 0 Å². The third kappa shape index (κ3) is 4.88. The second-order valence-corrected chi connectivity index (χ2v) is 4.87. The molecule has 0 aromatic heterocycles. The van der Waals surface area contributed by atoms with Crippen LogP contribution in [-0.4, -0.2) is 26.8 Å². The van der Waals surface area contributed by atoms with Gasteiger partial charge in [-0.25, -0.2) is 0 Å². The second-order valence-electron chi connectivity index (χ2n) is 4.87. The predicted octanol–water partition coefficient (Wildman–Crippen LogP) is 2.98. The van der Waals surface area contributed by atoms with Gasteiger partial charge in [-0.1, -0.05) is 38.1 Å². The van der Waals surface area contributed by atoms with Crippen LogP contribution in [0, 0.1) is 0 Å². The van der Waals surface area contributed by atoms with Gasteiger partial charge in [0, 0.05) is 19.8 Å². The summed E-state index contributed by atoms with van der Waals surface area (Å²) in [6.45, 7) is 5.27. The van der Waals surface area contributed by atoms with Gasteiger partial charge in [-0.2, -0.15) is 0 Å². The zero-order valence-electron chi connectivity index (χ0n) is 11.5. The first-order valence-electron chi connectivity index (χ1n) is 6.42. The van der Waals surface area contributed by atoms with Gasteiger partial charge >= 0.3 is 0 Å². The van der Waals surface area contributed by atoms with Crippen molar-refractivity contribution in [1.29, 1.82) is 0 Å². The van der Waals surface area contributed by atoms with E-state index in [1.54, 1.807) is 7.11 Å². The van der Waals surface area contributed by atoms with Crippen molar-refractivity contribution in [3.8, 4) is 0 Å². The van der Waals surface area contributed by atoms with Crippen LogP contribution < -0.4 is 5.32 Å². The number of ether oxygens (including phenoxy) is 1. The van der Waals surface area contributed by atoms with Gasteiger partial charge in [-0.15, -0.1) is 0 Å². The first-order valence-corrected chi connectivity index (χ1v) is 6.42. The van der Waals surface area contributed by atoms with Crippen LogP contribution in [0.5, 0.6) is 0 Å². The Bertz CT molecular complexity index is 305. The first kappa shape index (κ1) is 14.2. The Morgan fingerprint density at radius 2 is 1.82 bits per heavy atom. The highest BCUT2D eigenvalue weighted by Gasteiger charge is 2.07. The molecule has 1 atom stereocenters. The van der Waals surface area contributed by atoms with Gasteiger partial charge in [0.15, 0.2) is 0 Å². The van der Waals surface area contributed by atoms with Crippen LogP contribution in [0.25, 0.3) is 0 Å². The summed E-state index contributed by atoms with van der Waals surface area (Å²) in [6.07, 6.45) is 2.12. The lowest BCUT2D eigenvalue weighted by atomic mass is 9.98. The maximum absolute atomic E-state index is 5.12. The van der Waals surface area contributed by atoms with Gasteiger partial charge < -0.3 is 10.1 Å². The molecule has 2 nitrogen and oxygen atoms in total. The number of rotatable bonds is 7. The van der Waals surface area contributed by atoms with Crippen molar-refractivity contribution < 1.29 is 4.74 Å². The summed E-state index contributed by atoms with van der Waals surface area (Å²) in [7, 11) is 3.77. The summed E-state index contributed by atoms with van der Waals surface area (Å²) in [4.78, 5) is 0. The molecule has 1 aromatic carbocycles. The maximum Gasteiger partial charge on any atom is 0.0477 e. The summed E-state index contributed by atoms with van der Waals surface area (Å²) in [5.74, 6) is 0.609. The van der Waals surface area contributed by atoms with Crippen LogP contribution in [0.4, 0.5) is 0 Å². The molecule has 0 bridgehead atoms. The average Bonchev–Trinajstić information content (AvgIpc) is 2.35. The minimum Gasteiger partial charge on any atom is -0.385 e. The lowest BCUT2D eigenvalue weighted by Gasteiger charge is -2.16. The number of nitrogens with one attached hydrogen (secondary N) is 1. The number of hydrogen-bond acceptors (Lipinski definition) is 2. The predicted molar refractivity (Wildman–Crippen MR) is 73.6 cm³/mol. The van der Waals surface area contributed by atoms with Crippen molar-refractivity contribution in [2.45, 2.75) is 38.6 Å². The van der Waals surface area contributed by atoms with E-state index in [-0.39, 0.29) is 0 Å². The van der Waals surface area contributed by atoms with E-state index < -0.39 is 0 Å². The standard InChI is InChI=1S/C15H25NO/c1-12(2)14-7-5-13(6-8-14)11-15(16-3)9-10-17-4/h5-8,12,15-16H,9-11H2,1-4H3. The lowest BCUT2D eigenvalue weighted by molar-refractivity contribution is 0.184. The summed E-state index contributed by atoms with van der Waals surface area (Å²) in [6, 6.07) is 9.46.